The van der Waals surface area contributed by atoms with E-state index in [-0.39, 0.29) is 0 Å². The number of hydrogen-bond donors (Lipinski definition) is 1. The Labute approximate surface area is 126 Å². The molecule has 0 aliphatic carbocycles. The van der Waals surface area contributed by atoms with Crippen molar-refractivity contribution in [2.24, 2.45) is 0 Å². The van der Waals surface area contributed by atoms with E-state index in [9.17, 15) is 0 Å². The van der Waals surface area contributed by atoms with Crippen LogP contribution in [-0.4, -0.2) is 32.8 Å². The molecule has 0 aliphatic rings. The third-order valence-electron chi connectivity index (χ3n) is 3.60. The molecule has 2 aromatic heterocycles. The van der Waals surface area contributed by atoms with E-state index in [0.717, 1.165) is 38.2 Å². The van der Waals surface area contributed by atoms with E-state index in [2.05, 4.69) is 36.1 Å². The quantitative estimate of drug-likeness (QED) is 0.757. The zero-order chi connectivity index (χ0) is 15.1. The van der Waals surface area contributed by atoms with Gasteiger partial charge in [0.15, 0.2) is 5.82 Å². The first-order chi connectivity index (χ1) is 10.3. The molecule has 0 amide bonds. The number of aryl methyl sites for hydroxylation is 1. The van der Waals surface area contributed by atoms with Gasteiger partial charge in [-0.15, -0.1) is 0 Å². The Morgan fingerprint density at radius 2 is 2.00 bits per heavy atom. The molecule has 0 radical (unpaired) electrons. The van der Waals surface area contributed by atoms with Crippen LogP contribution < -0.4 is 5.32 Å². The van der Waals surface area contributed by atoms with Crippen LogP contribution in [0.4, 0.5) is 0 Å². The number of aromatic nitrogens is 4. The van der Waals surface area contributed by atoms with Crippen LogP contribution in [-0.2, 0) is 19.3 Å². The number of nitrogens with one attached hydrogen (secondary N) is 1. The largest absolute Gasteiger partial charge is 0.316 e. The molecular formula is C16H25N5. The van der Waals surface area contributed by atoms with Crippen molar-refractivity contribution in [1.82, 2.24) is 25.1 Å². The molecule has 21 heavy (non-hydrogen) atoms. The van der Waals surface area contributed by atoms with E-state index in [1.165, 1.54) is 23.4 Å². The molecule has 0 atom stereocenters. The van der Waals surface area contributed by atoms with E-state index in [4.69, 9.17) is 5.10 Å². The molecule has 1 N–H and O–H groups in total. The second-order valence-corrected chi connectivity index (χ2v) is 5.06. The van der Waals surface area contributed by atoms with Gasteiger partial charge in [0.25, 0.3) is 0 Å². The third-order valence-corrected chi connectivity index (χ3v) is 3.60. The summed E-state index contributed by atoms with van der Waals surface area (Å²) < 4.78 is 1.98. The molecule has 0 spiro atoms. The molecule has 2 heterocycles. The van der Waals surface area contributed by atoms with E-state index >= 15 is 0 Å². The Kier molecular flexibility index (Phi) is 5.87. The zero-order valence-corrected chi connectivity index (χ0v) is 13.3. The summed E-state index contributed by atoms with van der Waals surface area (Å²) in [5.74, 6) is 0.851. The van der Waals surface area contributed by atoms with Crippen molar-refractivity contribution in [2.45, 2.75) is 46.5 Å². The minimum absolute atomic E-state index is 0.851. The van der Waals surface area contributed by atoms with Crippen molar-refractivity contribution < 1.29 is 0 Å². The maximum absolute atomic E-state index is 4.77. The average Bonchev–Trinajstić information content (AvgIpc) is 2.90. The lowest BCUT2D eigenvalue weighted by molar-refractivity contribution is 0.667. The van der Waals surface area contributed by atoms with Gasteiger partial charge in [-0.3, -0.25) is 0 Å². The summed E-state index contributed by atoms with van der Waals surface area (Å²) in [5, 5.41) is 8.24. The second-order valence-electron chi connectivity index (χ2n) is 5.06. The molecule has 0 aromatic carbocycles. The first kappa shape index (κ1) is 15.6. The summed E-state index contributed by atoms with van der Waals surface area (Å²) >= 11 is 0. The van der Waals surface area contributed by atoms with Gasteiger partial charge in [0, 0.05) is 18.0 Å². The van der Waals surface area contributed by atoms with Crippen LogP contribution in [0.3, 0.4) is 0 Å². The minimum atomic E-state index is 0.851. The van der Waals surface area contributed by atoms with Gasteiger partial charge >= 0.3 is 0 Å². The van der Waals surface area contributed by atoms with E-state index in [1.807, 2.05) is 10.7 Å². The first-order valence-electron chi connectivity index (χ1n) is 7.88. The predicted molar refractivity (Wildman–Crippen MR) is 84.8 cm³/mol. The molecule has 0 saturated carbocycles. The molecule has 114 valence electrons. The highest BCUT2D eigenvalue weighted by molar-refractivity contribution is 5.33. The summed E-state index contributed by atoms with van der Waals surface area (Å²) in [6.45, 7) is 8.60. The fraction of sp³-hybridized carbons (Fsp3) is 0.562. The Morgan fingerprint density at radius 1 is 1.14 bits per heavy atom. The van der Waals surface area contributed by atoms with Crippen molar-refractivity contribution in [1.29, 1.82) is 0 Å². The average molecular weight is 287 g/mol. The number of rotatable bonds is 8. The van der Waals surface area contributed by atoms with Crippen LogP contribution in [0.1, 0.15) is 44.1 Å². The fourth-order valence-corrected chi connectivity index (χ4v) is 2.59. The lowest BCUT2D eigenvalue weighted by Gasteiger charge is -2.07. The monoisotopic (exact) mass is 287 g/mol. The lowest BCUT2D eigenvalue weighted by atomic mass is 10.1. The molecule has 5 nitrogen and oxygen atoms in total. The maximum Gasteiger partial charge on any atom is 0.156 e. The van der Waals surface area contributed by atoms with Crippen molar-refractivity contribution in [3.63, 3.8) is 0 Å². The van der Waals surface area contributed by atoms with Gasteiger partial charge in [0.1, 0.15) is 6.33 Å². The van der Waals surface area contributed by atoms with Crippen molar-refractivity contribution in [3.8, 4) is 5.82 Å². The van der Waals surface area contributed by atoms with Crippen LogP contribution in [0.5, 0.6) is 0 Å². The second kappa shape index (κ2) is 7.88. The standard InChI is InChI=1S/C16H25N5/c1-4-9-17-10-7-13-14(5-2)20-21(15(13)6-3)16-8-11-18-12-19-16/h8,11-12,17H,4-7,9-10H2,1-3H3. The van der Waals surface area contributed by atoms with E-state index < -0.39 is 0 Å². The van der Waals surface area contributed by atoms with E-state index in [1.54, 1.807) is 12.5 Å². The SMILES string of the molecule is CCCNCCc1c(CC)nn(-c2ccncn2)c1CC. The van der Waals surface area contributed by atoms with Gasteiger partial charge in [-0.25, -0.2) is 14.6 Å². The Hall–Kier alpha value is -1.75. The van der Waals surface area contributed by atoms with E-state index in [0.29, 0.717) is 0 Å². The van der Waals surface area contributed by atoms with Crippen LogP contribution >= 0.6 is 0 Å². The fourth-order valence-electron chi connectivity index (χ4n) is 2.59. The molecule has 2 aromatic rings. The zero-order valence-electron chi connectivity index (χ0n) is 13.3. The smallest absolute Gasteiger partial charge is 0.156 e. The highest BCUT2D eigenvalue weighted by atomic mass is 15.3. The van der Waals surface area contributed by atoms with Gasteiger partial charge in [-0.2, -0.15) is 5.10 Å². The molecule has 0 saturated heterocycles. The van der Waals surface area contributed by atoms with Crippen molar-refractivity contribution >= 4 is 0 Å². The summed E-state index contributed by atoms with van der Waals surface area (Å²) in [5.41, 5.74) is 3.83. The topological polar surface area (TPSA) is 55.6 Å². The summed E-state index contributed by atoms with van der Waals surface area (Å²) in [6.07, 6.45) is 7.44. The molecule has 0 aliphatic heterocycles. The van der Waals surface area contributed by atoms with Gasteiger partial charge < -0.3 is 5.32 Å². The third kappa shape index (κ3) is 3.67. The molecule has 5 heteroatoms. The highest BCUT2D eigenvalue weighted by Crippen LogP contribution is 2.19. The summed E-state index contributed by atoms with van der Waals surface area (Å²) in [4.78, 5) is 8.31. The van der Waals surface area contributed by atoms with Gasteiger partial charge in [-0.1, -0.05) is 20.8 Å². The molecular weight excluding hydrogens is 262 g/mol. The Balaban J connectivity index is 2.28. The van der Waals surface area contributed by atoms with Crippen LogP contribution in [0.25, 0.3) is 5.82 Å². The van der Waals surface area contributed by atoms with Crippen molar-refractivity contribution in [3.05, 3.63) is 35.5 Å². The van der Waals surface area contributed by atoms with Gasteiger partial charge in [0.05, 0.1) is 5.69 Å². The molecule has 0 fully saturated rings. The lowest BCUT2D eigenvalue weighted by Crippen LogP contribution is -2.18. The maximum atomic E-state index is 4.77. The van der Waals surface area contributed by atoms with Crippen molar-refractivity contribution in [2.75, 3.05) is 13.1 Å². The number of hydrogen-bond acceptors (Lipinski definition) is 4. The van der Waals surface area contributed by atoms with Gasteiger partial charge in [0.2, 0.25) is 0 Å². The minimum Gasteiger partial charge on any atom is -0.316 e. The normalized spacial score (nSPS) is 11.0. The Morgan fingerprint density at radius 3 is 2.62 bits per heavy atom. The van der Waals surface area contributed by atoms with Crippen LogP contribution in [0, 0.1) is 0 Å². The van der Waals surface area contributed by atoms with Crippen LogP contribution in [0.2, 0.25) is 0 Å². The van der Waals surface area contributed by atoms with Gasteiger partial charge in [-0.05, 0) is 44.3 Å². The first-order valence-corrected chi connectivity index (χ1v) is 7.88. The highest BCUT2D eigenvalue weighted by Gasteiger charge is 2.16. The molecule has 2 rings (SSSR count). The summed E-state index contributed by atoms with van der Waals surface area (Å²) in [6, 6.07) is 1.91. The molecule has 0 bridgehead atoms. The van der Waals surface area contributed by atoms with Crippen LogP contribution in [0.15, 0.2) is 18.6 Å². The number of nitrogens with zero attached hydrogens (tertiary/aromatic N) is 4. The summed E-state index contributed by atoms with van der Waals surface area (Å²) in [7, 11) is 0. The molecule has 0 unspecified atom stereocenters. The predicted octanol–water partition coefficient (Wildman–Crippen LogP) is 2.33. The Bertz CT molecular complexity index is 547.